The van der Waals surface area contributed by atoms with Crippen molar-refractivity contribution in [2.75, 3.05) is 7.05 Å². The third-order valence-corrected chi connectivity index (χ3v) is 5.63. The van der Waals surface area contributed by atoms with Gasteiger partial charge in [-0.3, -0.25) is 9.48 Å². The number of amides is 1. The fourth-order valence-corrected chi connectivity index (χ4v) is 4.03. The molecule has 5 nitrogen and oxygen atoms in total. The molecule has 0 N–H and O–H groups in total. The van der Waals surface area contributed by atoms with Crippen molar-refractivity contribution < 1.29 is 4.79 Å². The SMILES string of the molecule is CN(Cc1cnn(Cc2ccccc2)c1)C(=O)c1cccnc1Sc1ccccc1. The summed E-state index contributed by atoms with van der Waals surface area (Å²) in [6.45, 7) is 1.19. The smallest absolute Gasteiger partial charge is 0.256 e. The Balaban J connectivity index is 1.44. The van der Waals surface area contributed by atoms with Gasteiger partial charge < -0.3 is 4.90 Å². The van der Waals surface area contributed by atoms with Gasteiger partial charge in [-0.25, -0.2) is 4.98 Å². The number of aromatic nitrogens is 3. The van der Waals surface area contributed by atoms with Crippen molar-refractivity contribution >= 4 is 17.7 Å². The Kier molecular flexibility index (Phi) is 6.25. The minimum absolute atomic E-state index is 0.0580. The zero-order valence-corrected chi connectivity index (χ0v) is 17.5. The van der Waals surface area contributed by atoms with E-state index in [4.69, 9.17) is 0 Å². The van der Waals surface area contributed by atoms with Crippen LogP contribution in [-0.2, 0) is 13.1 Å². The first-order valence-corrected chi connectivity index (χ1v) is 10.5. The molecule has 0 bridgehead atoms. The van der Waals surface area contributed by atoms with E-state index < -0.39 is 0 Å². The third-order valence-electron chi connectivity index (χ3n) is 4.60. The highest BCUT2D eigenvalue weighted by molar-refractivity contribution is 7.99. The predicted octanol–water partition coefficient (Wildman–Crippen LogP) is 4.75. The summed E-state index contributed by atoms with van der Waals surface area (Å²) in [5.74, 6) is -0.0580. The summed E-state index contributed by atoms with van der Waals surface area (Å²) in [6, 6.07) is 23.8. The molecule has 2 aromatic heterocycles. The van der Waals surface area contributed by atoms with E-state index >= 15 is 0 Å². The maximum absolute atomic E-state index is 13.1. The maximum atomic E-state index is 13.1. The van der Waals surface area contributed by atoms with Gasteiger partial charge in [-0.15, -0.1) is 0 Å². The average molecular weight is 415 g/mol. The molecule has 0 radical (unpaired) electrons. The minimum atomic E-state index is -0.0580. The van der Waals surface area contributed by atoms with E-state index in [1.165, 1.54) is 17.3 Å². The monoisotopic (exact) mass is 414 g/mol. The molecule has 0 fully saturated rings. The van der Waals surface area contributed by atoms with E-state index in [1.54, 1.807) is 24.2 Å². The number of carbonyl (C=O) groups excluding carboxylic acids is 1. The van der Waals surface area contributed by atoms with Crippen molar-refractivity contribution in [1.29, 1.82) is 0 Å². The van der Waals surface area contributed by atoms with Crippen molar-refractivity contribution in [3.05, 3.63) is 108 Å². The third kappa shape index (κ3) is 4.96. The van der Waals surface area contributed by atoms with Gasteiger partial charge in [0.25, 0.3) is 5.91 Å². The van der Waals surface area contributed by atoms with Gasteiger partial charge in [0.05, 0.1) is 18.3 Å². The van der Waals surface area contributed by atoms with Gasteiger partial charge >= 0.3 is 0 Å². The zero-order valence-electron chi connectivity index (χ0n) is 16.7. The van der Waals surface area contributed by atoms with Crippen LogP contribution in [0, 0.1) is 0 Å². The Morgan fingerprint density at radius 1 is 0.967 bits per heavy atom. The van der Waals surface area contributed by atoms with Crippen LogP contribution in [0.25, 0.3) is 0 Å². The van der Waals surface area contributed by atoms with Gasteiger partial charge in [-0.2, -0.15) is 5.10 Å². The molecule has 1 amide bonds. The largest absolute Gasteiger partial charge is 0.337 e. The molecule has 2 aromatic carbocycles. The Labute approximate surface area is 180 Å². The Morgan fingerprint density at radius 3 is 2.47 bits per heavy atom. The molecule has 0 aliphatic heterocycles. The van der Waals surface area contributed by atoms with Crippen LogP contribution >= 0.6 is 11.8 Å². The highest BCUT2D eigenvalue weighted by Gasteiger charge is 2.18. The Bertz CT molecular complexity index is 1110. The summed E-state index contributed by atoms with van der Waals surface area (Å²) in [4.78, 5) is 20.3. The number of hydrogen-bond donors (Lipinski definition) is 0. The molecule has 0 unspecified atom stereocenters. The van der Waals surface area contributed by atoms with E-state index in [-0.39, 0.29) is 5.91 Å². The van der Waals surface area contributed by atoms with Crippen LogP contribution < -0.4 is 0 Å². The van der Waals surface area contributed by atoms with Crippen LogP contribution in [0.2, 0.25) is 0 Å². The molecule has 30 heavy (non-hydrogen) atoms. The van der Waals surface area contributed by atoms with E-state index in [9.17, 15) is 4.79 Å². The van der Waals surface area contributed by atoms with Gasteiger partial charge in [0.15, 0.2) is 0 Å². The molecule has 0 aliphatic carbocycles. The number of benzene rings is 2. The van der Waals surface area contributed by atoms with Crippen molar-refractivity contribution in [2.24, 2.45) is 0 Å². The zero-order chi connectivity index (χ0) is 20.8. The predicted molar refractivity (Wildman–Crippen MR) is 118 cm³/mol. The lowest BCUT2D eigenvalue weighted by Crippen LogP contribution is -2.26. The molecule has 0 saturated heterocycles. The number of hydrogen-bond acceptors (Lipinski definition) is 4. The highest BCUT2D eigenvalue weighted by Crippen LogP contribution is 2.29. The Hall–Kier alpha value is -3.38. The molecule has 4 aromatic rings. The van der Waals surface area contributed by atoms with Crippen molar-refractivity contribution in [3.8, 4) is 0 Å². The standard InChI is InChI=1S/C24H22N4OS/c1-27(16-20-15-26-28(18-20)17-19-9-4-2-5-10-19)24(29)22-13-8-14-25-23(22)30-21-11-6-3-7-12-21/h2-15,18H,16-17H2,1H3. The molecule has 0 saturated carbocycles. The van der Waals surface area contributed by atoms with Crippen LogP contribution in [0.15, 0.2) is 101 Å². The van der Waals surface area contributed by atoms with Crippen molar-refractivity contribution in [1.82, 2.24) is 19.7 Å². The molecular formula is C24H22N4OS. The van der Waals surface area contributed by atoms with E-state index in [0.717, 1.165) is 10.5 Å². The fraction of sp³-hybridized carbons (Fsp3) is 0.125. The Morgan fingerprint density at radius 2 is 1.70 bits per heavy atom. The lowest BCUT2D eigenvalue weighted by atomic mass is 10.2. The number of carbonyl (C=O) groups is 1. The summed E-state index contributed by atoms with van der Waals surface area (Å²) in [5, 5.41) is 5.14. The first kappa shape index (κ1) is 19.9. The van der Waals surface area contributed by atoms with Gasteiger partial charge in [-0.1, -0.05) is 60.3 Å². The van der Waals surface area contributed by atoms with Crippen LogP contribution in [0.1, 0.15) is 21.5 Å². The fourth-order valence-electron chi connectivity index (χ4n) is 3.13. The summed E-state index contributed by atoms with van der Waals surface area (Å²) in [7, 11) is 1.81. The first-order chi connectivity index (χ1) is 14.7. The molecule has 0 aliphatic rings. The minimum Gasteiger partial charge on any atom is -0.337 e. The van der Waals surface area contributed by atoms with Gasteiger partial charge in [-0.05, 0) is 29.8 Å². The summed E-state index contributed by atoms with van der Waals surface area (Å²) >= 11 is 1.50. The second-order valence-electron chi connectivity index (χ2n) is 6.96. The van der Waals surface area contributed by atoms with Crippen molar-refractivity contribution in [3.63, 3.8) is 0 Å². The molecular weight excluding hydrogens is 392 g/mol. The van der Waals surface area contributed by atoms with Crippen LogP contribution in [0.3, 0.4) is 0 Å². The highest BCUT2D eigenvalue weighted by atomic mass is 32.2. The van der Waals surface area contributed by atoms with Gasteiger partial charge in [0, 0.05) is 36.4 Å². The lowest BCUT2D eigenvalue weighted by Gasteiger charge is -2.17. The van der Waals surface area contributed by atoms with E-state index in [0.29, 0.717) is 23.7 Å². The van der Waals surface area contributed by atoms with E-state index in [2.05, 4.69) is 22.2 Å². The molecule has 2 heterocycles. The normalized spacial score (nSPS) is 10.7. The second-order valence-corrected chi connectivity index (χ2v) is 8.03. The topological polar surface area (TPSA) is 51.0 Å². The summed E-state index contributed by atoms with van der Waals surface area (Å²) < 4.78 is 1.89. The van der Waals surface area contributed by atoms with Crippen LogP contribution in [0.4, 0.5) is 0 Å². The molecule has 0 atom stereocenters. The second kappa shape index (κ2) is 9.41. The van der Waals surface area contributed by atoms with Gasteiger partial charge in [0.1, 0.15) is 5.03 Å². The van der Waals surface area contributed by atoms with Crippen LogP contribution in [-0.4, -0.2) is 32.6 Å². The van der Waals surface area contributed by atoms with Gasteiger partial charge in [0.2, 0.25) is 0 Å². The quantitative estimate of drug-likeness (QED) is 0.438. The lowest BCUT2D eigenvalue weighted by molar-refractivity contribution is 0.0781. The van der Waals surface area contributed by atoms with Crippen LogP contribution in [0.5, 0.6) is 0 Å². The summed E-state index contributed by atoms with van der Waals surface area (Å²) in [6.07, 6.45) is 5.52. The maximum Gasteiger partial charge on any atom is 0.256 e. The molecule has 150 valence electrons. The molecule has 4 rings (SSSR count). The first-order valence-electron chi connectivity index (χ1n) is 9.68. The average Bonchev–Trinajstić information content (AvgIpc) is 3.21. The summed E-state index contributed by atoms with van der Waals surface area (Å²) in [5.41, 5.74) is 2.78. The molecule has 0 spiro atoms. The number of nitrogens with zero attached hydrogens (tertiary/aromatic N) is 4. The number of rotatable bonds is 7. The van der Waals surface area contributed by atoms with Crippen molar-refractivity contribution in [2.45, 2.75) is 23.0 Å². The number of pyridine rings is 1. The van der Waals surface area contributed by atoms with E-state index in [1.807, 2.05) is 71.7 Å². The molecule has 6 heteroatoms.